The minimum absolute atomic E-state index is 0.0616. The molecule has 1 aromatic heterocycles. The minimum atomic E-state index is -0.762. The van der Waals surface area contributed by atoms with Crippen molar-refractivity contribution in [3.63, 3.8) is 0 Å². The van der Waals surface area contributed by atoms with E-state index in [1.165, 1.54) is 24.3 Å². The van der Waals surface area contributed by atoms with Gasteiger partial charge in [-0.3, -0.25) is 25.0 Å². The first-order valence-corrected chi connectivity index (χ1v) is 6.22. The zero-order valence-electron chi connectivity index (χ0n) is 11.8. The maximum absolute atomic E-state index is 11.7. The number of nitrogens with one attached hydrogen (secondary N) is 1. The zero-order valence-corrected chi connectivity index (χ0v) is 11.8. The molecule has 0 radical (unpaired) electrons. The average Bonchev–Trinajstić information content (AvgIpc) is 3.02. The highest BCUT2D eigenvalue weighted by Crippen LogP contribution is 2.15. The molecule has 0 saturated carbocycles. The third-order valence-electron chi connectivity index (χ3n) is 2.82. The van der Waals surface area contributed by atoms with Crippen molar-refractivity contribution in [1.82, 2.24) is 5.43 Å². The number of amides is 1. The van der Waals surface area contributed by atoms with Crippen LogP contribution in [0.5, 0.6) is 0 Å². The highest BCUT2D eigenvalue weighted by atomic mass is 16.6. The molecule has 2 aromatic rings. The van der Waals surface area contributed by atoms with E-state index in [1.54, 1.807) is 6.92 Å². The summed E-state index contributed by atoms with van der Waals surface area (Å²) in [6.45, 7) is 1.59. The Bertz CT molecular complexity index is 793. The standard InChI is InChI=1S/C13H10N4O6/c1-8(9-2-4-10(5-3-9)16(19)20)14-15-13(18)11-6-7-12(23-11)17(21)22/h2-7H,1H3,(H,15,18)/b14-8-. The first kappa shape index (κ1) is 15.8. The predicted molar refractivity (Wildman–Crippen MR) is 78.1 cm³/mol. The van der Waals surface area contributed by atoms with Crippen molar-refractivity contribution >= 4 is 23.2 Å². The van der Waals surface area contributed by atoms with Gasteiger partial charge in [0.05, 0.1) is 16.7 Å². The van der Waals surface area contributed by atoms with Gasteiger partial charge in [-0.2, -0.15) is 5.10 Å². The fourth-order valence-electron chi connectivity index (χ4n) is 1.63. The lowest BCUT2D eigenvalue weighted by molar-refractivity contribution is -0.402. The van der Waals surface area contributed by atoms with Crippen LogP contribution in [0.3, 0.4) is 0 Å². The molecule has 1 heterocycles. The molecule has 10 nitrogen and oxygen atoms in total. The molecule has 1 amide bonds. The van der Waals surface area contributed by atoms with Crippen molar-refractivity contribution in [2.24, 2.45) is 5.10 Å². The van der Waals surface area contributed by atoms with E-state index in [9.17, 15) is 25.0 Å². The monoisotopic (exact) mass is 318 g/mol. The van der Waals surface area contributed by atoms with Crippen LogP contribution in [0, 0.1) is 20.2 Å². The molecule has 1 aromatic carbocycles. The van der Waals surface area contributed by atoms with Gasteiger partial charge in [-0.05, 0) is 30.7 Å². The summed E-state index contributed by atoms with van der Waals surface area (Å²) in [5.41, 5.74) is 3.09. The average molecular weight is 318 g/mol. The molecule has 0 aliphatic heterocycles. The number of carbonyl (C=O) groups is 1. The van der Waals surface area contributed by atoms with Gasteiger partial charge in [0.1, 0.15) is 4.92 Å². The van der Waals surface area contributed by atoms with Crippen molar-refractivity contribution in [1.29, 1.82) is 0 Å². The summed E-state index contributed by atoms with van der Waals surface area (Å²) in [4.78, 5) is 31.5. The summed E-state index contributed by atoms with van der Waals surface area (Å²) in [6, 6.07) is 7.81. The number of furan rings is 1. The number of nitro benzene ring substituents is 1. The zero-order chi connectivity index (χ0) is 17.0. The third kappa shape index (κ3) is 3.75. The number of hydrazone groups is 1. The highest BCUT2D eigenvalue weighted by molar-refractivity contribution is 6.00. The molecule has 0 aliphatic carbocycles. The Morgan fingerprint density at radius 2 is 1.74 bits per heavy atom. The van der Waals surface area contributed by atoms with E-state index in [-0.39, 0.29) is 11.4 Å². The lowest BCUT2D eigenvalue weighted by Gasteiger charge is -2.01. The first-order valence-electron chi connectivity index (χ1n) is 6.22. The number of carbonyl (C=O) groups excluding carboxylic acids is 1. The maximum atomic E-state index is 11.7. The quantitative estimate of drug-likeness (QED) is 0.509. The molecule has 0 unspecified atom stereocenters. The summed E-state index contributed by atoms with van der Waals surface area (Å²) >= 11 is 0. The normalized spacial score (nSPS) is 11.1. The van der Waals surface area contributed by atoms with Crippen LogP contribution >= 0.6 is 0 Å². The third-order valence-corrected chi connectivity index (χ3v) is 2.82. The molecule has 118 valence electrons. The van der Waals surface area contributed by atoms with Crippen LogP contribution in [0.1, 0.15) is 23.0 Å². The van der Waals surface area contributed by atoms with Gasteiger partial charge in [0.15, 0.2) is 0 Å². The lowest BCUT2D eigenvalue weighted by atomic mass is 10.1. The SMILES string of the molecule is C/C(=N/NC(=O)c1ccc([N+](=O)[O-])o1)c1ccc([N+](=O)[O-])cc1. The van der Waals surface area contributed by atoms with E-state index < -0.39 is 21.6 Å². The lowest BCUT2D eigenvalue weighted by Crippen LogP contribution is -2.18. The van der Waals surface area contributed by atoms with Gasteiger partial charge in [0, 0.05) is 12.1 Å². The van der Waals surface area contributed by atoms with Crippen molar-refractivity contribution in [2.45, 2.75) is 6.92 Å². The van der Waals surface area contributed by atoms with E-state index >= 15 is 0 Å². The van der Waals surface area contributed by atoms with Gasteiger partial charge in [0.25, 0.3) is 5.69 Å². The Hall–Kier alpha value is -3.56. The van der Waals surface area contributed by atoms with E-state index in [0.717, 1.165) is 12.1 Å². The number of hydrogen-bond donors (Lipinski definition) is 1. The molecule has 0 atom stereocenters. The second-order valence-corrected chi connectivity index (χ2v) is 4.34. The van der Waals surface area contributed by atoms with Crippen molar-refractivity contribution in [3.05, 3.63) is 68.0 Å². The molecule has 10 heteroatoms. The van der Waals surface area contributed by atoms with Crippen molar-refractivity contribution in [3.8, 4) is 0 Å². The largest absolute Gasteiger partial charge is 0.433 e. The van der Waals surface area contributed by atoms with E-state index in [1.807, 2.05) is 0 Å². The number of nitrogens with zero attached hydrogens (tertiary/aromatic N) is 3. The number of benzene rings is 1. The number of rotatable bonds is 5. The van der Waals surface area contributed by atoms with Gasteiger partial charge in [-0.15, -0.1) is 0 Å². The summed E-state index contributed by atoms with van der Waals surface area (Å²) in [5, 5.41) is 24.8. The molecule has 0 fully saturated rings. The van der Waals surface area contributed by atoms with Crippen LogP contribution in [0.25, 0.3) is 0 Å². The molecule has 0 spiro atoms. The Labute approximate surface area is 128 Å². The topological polar surface area (TPSA) is 141 Å². The molecule has 0 saturated heterocycles. The molecule has 0 bridgehead atoms. The number of non-ortho nitro benzene ring substituents is 1. The van der Waals surface area contributed by atoms with Gasteiger partial charge in [-0.25, -0.2) is 5.43 Å². The minimum Gasteiger partial charge on any atom is -0.395 e. The fourth-order valence-corrected chi connectivity index (χ4v) is 1.63. The van der Waals surface area contributed by atoms with Crippen LogP contribution in [-0.2, 0) is 0 Å². The predicted octanol–water partition coefficient (Wildman–Crippen LogP) is 2.25. The molecule has 0 aliphatic rings. The van der Waals surface area contributed by atoms with E-state index in [0.29, 0.717) is 11.3 Å². The maximum Gasteiger partial charge on any atom is 0.433 e. The van der Waals surface area contributed by atoms with E-state index in [2.05, 4.69) is 10.5 Å². The highest BCUT2D eigenvalue weighted by Gasteiger charge is 2.17. The molecule has 1 N–H and O–H groups in total. The van der Waals surface area contributed by atoms with Gasteiger partial charge in [-0.1, -0.05) is 0 Å². The second kappa shape index (κ2) is 6.47. The molecular formula is C13H10N4O6. The van der Waals surface area contributed by atoms with Crippen molar-refractivity contribution in [2.75, 3.05) is 0 Å². The summed E-state index contributed by atoms with van der Waals surface area (Å²) in [5.74, 6) is -1.55. The van der Waals surface area contributed by atoms with Gasteiger partial charge in [0.2, 0.25) is 5.76 Å². The second-order valence-electron chi connectivity index (χ2n) is 4.34. The van der Waals surface area contributed by atoms with Crippen LogP contribution in [0.4, 0.5) is 11.6 Å². The smallest absolute Gasteiger partial charge is 0.395 e. The fraction of sp³-hybridized carbons (Fsp3) is 0.0769. The van der Waals surface area contributed by atoms with Gasteiger partial charge < -0.3 is 4.42 Å². The Morgan fingerprint density at radius 1 is 1.09 bits per heavy atom. The first-order chi connectivity index (χ1) is 10.9. The summed E-state index contributed by atoms with van der Waals surface area (Å²) in [7, 11) is 0. The molecule has 2 rings (SSSR count). The van der Waals surface area contributed by atoms with Crippen LogP contribution in [0.2, 0.25) is 0 Å². The van der Waals surface area contributed by atoms with Crippen LogP contribution < -0.4 is 5.43 Å². The van der Waals surface area contributed by atoms with Crippen LogP contribution in [-0.4, -0.2) is 21.5 Å². The van der Waals surface area contributed by atoms with Crippen molar-refractivity contribution < 1.29 is 19.1 Å². The number of hydrogen-bond acceptors (Lipinski definition) is 7. The van der Waals surface area contributed by atoms with E-state index in [4.69, 9.17) is 4.42 Å². The van der Waals surface area contributed by atoms with Gasteiger partial charge >= 0.3 is 11.8 Å². The Balaban J connectivity index is 2.07. The summed E-state index contributed by atoms with van der Waals surface area (Å²) < 4.78 is 4.73. The number of nitro groups is 2. The Kier molecular flexibility index (Phi) is 4.45. The molecular weight excluding hydrogens is 308 g/mol. The molecule has 23 heavy (non-hydrogen) atoms. The summed E-state index contributed by atoms with van der Waals surface area (Å²) in [6.07, 6.45) is 0. The Morgan fingerprint density at radius 3 is 2.26 bits per heavy atom. The van der Waals surface area contributed by atoms with Crippen LogP contribution in [0.15, 0.2) is 45.9 Å².